The van der Waals surface area contributed by atoms with Gasteiger partial charge in [-0.15, -0.1) is 0 Å². The molecule has 0 spiro atoms. The summed E-state index contributed by atoms with van der Waals surface area (Å²) >= 11 is 2.35. The van der Waals surface area contributed by atoms with Crippen molar-refractivity contribution in [1.82, 2.24) is 10.2 Å². The van der Waals surface area contributed by atoms with Crippen molar-refractivity contribution < 1.29 is 0 Å². The van der Waals surface area contributed by atoms with Gasteiger partial charge in [0.25, 0.3) is 0 Å². The molecule has 2 nitrogen and oxygen atoms in total. The van der Waals surface area contributed by atoms with Crippen LogP contribution in [0.4, 0.5) is 0 Å². The molecule has 0 saturated heterocycles. The molecule has 0 heterocycles. The molecule has 0 fully saturated rings. The number of hydrogen-bond acceptors (Lipinski definition) is 2. The molecule has 20 heavy (non-hydrogen) atoms. The lowest BCUT2D eigenvalue weighted by Crippen LogP contribution is -2.43. The minimum Gasteiger partial charge on any atom is -0.309 e. The Bertz CT molecular complexity index is 371. The first-order valence-electron chi connectivity index (χ1n) is 7.64. The van der Waals surface area contributed by atoms with E-state index >= 15 is 0 Å². The first-order valence-corrected chi connectivity index (χ1v) is 8.72. The lowest BCUT2D eigenvalue weighted by molar-refractivity contribution is 0.190. The fourth-order valence-electron chi connectivity index (χ4n) is 2.77. The summed E-state index contributed by atoms with van der Waals surface area (Å²) in [6.45, 7) is 7.90. The third-order valence-electron chi connectivity index (χ3n) is 4.26. The van der Waals surface area contributed by atoms with Crippen molar-refractivity contribution in [1.29, 1.82) is 0 Å². The molecule has 0 aliphatic carbocycles. The van der Waals surface area contributed by atoms with Crippen LogP contribution in [0.5, 0.6) is 0 Å². The highest BCUT2D eigenvalue weighted by molar-refractivity contribution is 14.1. The zero-order valence-corrected chi connectivity index (χ0v) is 15.6. The Morgan fingerprint density at radius 1 is 1.10 bits per heavy atom. The van der Waals surface area contributed by atoms with Gasteiger partial charge in [0.15, 0.2) is 0 Å². The van der Waals surface area contributed by atoms with Crippen molar-refractivity contribution >= 4 is 22.6 Å². The predicted octanol–water partition coefficient (Wildman–Crippen LogP) is 4.31. The molecule has 1 aromatic rings. The van der Waals surface area contributed by atoms with Crippen LogP contribution in [-0.2, 0) is 0 Å². The molecule has 2 unspecified atom stereocenters. The molecule has 2 atom stereocenters. The molecule has 1 aromatic carbocycles. The number of nitrogens with one attached hydrogen (secondary N) is 1. The highest BCUT2D eigenvalue weighted by atomic mass is 127. The van der Waals surface area contributed by atoms with Crippen LogP contribution in [0.1, 0.15) is 45.2 Å². The van der Waals surface area contributed by atoms with Crippen LogP contribution in [0, 0.1) is 9.49 Å². The molecule has 3 heteroatoms. The van der Waals surface area contributed by atoms with Gasteiger partial charge in [0, 0.05) is 22.2 Å². The van der Waals surface area contributed by atoms with E-state index in [0.717, 1.165) is 12.5 Å². The van der Waals surface area contributed by atoms with Crippen LogP contribution in [0.25, 0.3) is 0 Å². The van der Waals surface area contributed by atoms with Crippen molar-refractivity contribution in [3.63, 3.8) is 0 Å². The van der Waals surface area contributed by atoms with E-state index in [2.05, 4.69) is 91.9 Å². The summed E-state index contributed by atoms with van der Waals surface area (Å²) in [6.07, 6.45) is 2.50. The van der Waals surface area contributed by atoms with E-state index in [9.17, 15) is 0 Å². The van der Waals surface area contributed by atoms with Crippen molar-refractivity contribution in [3.8, 4) is 0 Å². The Balaban J connectivity index is 2.60. The molecule has 0 bridgehead atoms. The Morgan fingerprint density at radius 2 is 1.65 bits per heavy atom. The smallest absolute Gasteiger partial charge is 0.0292 e. The molecule has 0 amide bonds. The van der Waals surface area contributed by atoms with E-state index in [4.69, 9.17) is 0 Å². The van der Waals surface area contributed by atoms with E-state index < -0.39 is 0 Å². The number of halogens is 1. The van der Waals surface area contributed by atoms with Crippen LogP contribution in [0.2, 0.25) is 0 Å². The van der Waals surface area contributed by atoms with E-state index in [1.165, 1.54) is 22.0 Å². The van der Waals surface area contributed by atoms with Crippen LogP contribution >= 0.6 is 22.6 Å². The maximum Gasteiger partial charge on any atom is 0.0292 e. The van der Waals surface area contributed by atoms with E-state index in [1.54, 1.807) is 0 Å². The average molecular weight is 388 g/mol. The second-order valence-electron chi connectivity index (χ2n) is 5.79. The molecule has 1 rings (SSSR count). The number of likely N-dealkylation sites (N-methyl/N-ethyl adjacent to an activating group) is 1. The van der Waals surface area contributed by atoms with Gasteiger partial charge in [-0.25, -0.2) is 0 Å². The predicted molar refractivity (Wildman–Crippen MR) is 97.1 cm³/mol. The molecule has 0 radical (unpaired) electrons. The van der Waals surface area contributed by atoms with Crippen LogP contribution in [0.15, 0.2) is 24.3 Å². The van der Waals surface area contributed by atoms with Crippen molar-refractivity contribution in [2.75, 3.05) is 20.6 Å². The minimum atomic E-state index is 0.406. The van der Waals surface area contributed by atoms with Crippen LogP contribution in [-0.4, -0.2) is 31.6 Å². The highest BCUT2D eigenvalue weighted by Crippen LogP contribution is 2.19. The van der Waals surface area contributed by atoms with Crippen molar-refractivity contribution in [2.24, 2.45) is 5.92 Å². The summed E-state index contributed by atoms with van der Waals surface area (Å²) in [5, 5.41) is 3.70. The first-order chi connectivity index (χ1) is 9.49. The number of benzene rings is 1. The summed E-state index contributed by atoms with van der Waals surface area (Å²) in [4.78, 5) is 2.37. The second kappa shape index (κ2) is 9.00. The van der Waals surface area contributed by atoms with Gasteiger partial charge in [0.2, 0.25) is 0 Å². The molecular weight excluding hydrogens is 359 g/mol. The normalized spacial score (nSPS) is 14.8. The third-order valence-corrected chi connectivity index (χ3v) is 4.98. The average Bonchev–Trinajstić information content (AvgIpc) is 2.43. The van der Waals surface area contributed by atoms with Gasteiger partial charge in [-0.3, -0.25) is 0 Å². The van der Waals surface area contributed by atoms with E-state index in [0.29, 0.717) is 12.1 Å². The summed E-state index contributed by atoms with van der Waals surface area (Å²) in [7, 11) is 4.39. The minimum absolute atomic E-state index is 0.406. The zero-order valence-electron chi connectivity index (χ0n) is 13.5. The summed E-state index contributed by atoms with van der Waals surface area (Å²) in [5.74, 6) is 0.765. The Morgan fingerprint density at radius 3 is 2.10 bits per heavy atom. The fraction of sp³-hybridized carbons (Fsp3) is 0.647. The number of nitrogens with zero attached hydrogens (tertiary/aromatic N) is 1. The van der Waals surface area contributed by atoms with Gasteiger partial charge >= 0.3 is 0 Å². The molecule has 0 aliphatic rings. The van der Waals surface area contributed by atoms with Crippen molar-refractivity contribution in [2.45, 2.75) is 45.7 Å². The van der Waals surface area contributed by atoms with E-state index in [-0.39, 0.29) is 0 Å². The van der Waals surface area contributed by atoms with Crippen molar-refractivity contribution in [3.05, 3.63) is 33.4 Å². The highest BCUT2D eigenvalue weighted by Gasteiger charge is 2.21. The lowest BCUT2D eigenvalue weighted by Gasteiger charge is -2.32. The maximum absolute atomic E-state index is 3.70. The lowest BCUT2D eigenvalue weighted by atomic mass is 9.93. The summed E-state index contributed by atoms with van der Waals surface area (Å²) in [6, 6.07) is 9.82. The zero-order chi connectivity index (χ0) is 15.1. The van der Waals surface area contributed by atoms with Gasteiger partial charge in [0.1, 0.15) is 0 Å². The topological polar surface area (TPSA) is 15.3 Å². The molecule has 0 aliphatic heterocycles. The fourth-order valence-corrected chi connectivity index (χ4v) is 3.13. The SMILES string of the molecule is CCC(CC)C(CNC(C)c1ccc(I)cc1)N(C)C. The van der Waals surface area contributed by atoms with Crippen LogP contribution in [0.3, 0.4) is 0 Å². The van der Waals surface area contributed by atoms with Gasteiger partial charge in [-0.05, 0) is 67.2 Å². The monoisotopic (exact) mass is 388 g/mol. The Hall–Kier alpha value is -0.130. The van der Waals surface area contributed by atoms with Crippen LogP contribution < -0.4 is 5.32 Å². The molecule has 114 valence electrons. The molecule has 1 N–H and O–H groups in total. The van der Waals surface area contributed by atoms with Gasteiger partial charge in [-0.2, -0.15) is 0 Å². The molecule has 0 saturated carbocycles. The largest absolute Gasteiger partial charge is 0.309 e. The number of rotatable bonds is 8. The molecule has 0 aromatic heterocycles. The summed E-state index contributed by atoms with van der Waals surface area (Å²) in [5.41, 5.74) is 1.37. The molecular formula is C17H29IN2. The maximum atomic E-state index is 3.70. The van der Waals surface area contributed by atoms with Gasteiger partial charge < -0.3 is 10.2 Å². The third kappa shape index (κ3) is 5.34. The number of hydrogen-bond donors (Lipinski definition) is 1. The standard InChI is InChI=1S/C17H29IN2/c1-6-14(7-2)17(20(4)5)12-19-13(3)15-8-10-16(18)11-9-15/h8-11,13-14,17,19H,6-7,12H2,1-5H3. The Labute approximate surface area is 138 Å². The van der Waals surface area contributed by atoms with E-state index in [1.807, 2.05) is 0 Å². The second-order valence-corrected chi connectivity index (χ2v) is 7.03. The summed E-state index contributed by atoms with van der Waals surface area (Å²) < 4.78 is 1.29. The van der Waals surface area contributed by atoms with Gasteiger partial charge in [0.05, 0.1) is 0 Å². The van der Waals surface area contributed by atoms with Gasteiger partial charge in [-0.1, -0.05) is 38.8 Å². The Kier molecular flexibility index (Phi) is 8.07. The quantitative estimate of drug-likeness (QED) is 0.668. The first kappa shape index (κ1) is 17.9.